The molecule has 4 unspecified atom stereocenters. The van der Waals surface area contributed by atoms with Gasteiger partial charge in [-0.2, -0.15) is 0 Å². The highest BCUT2D eigenvalue weighted by atomic mass is 16.5. The third-order valence-electron chi connectivity index (χ3n) is 4.72. The summed E-state index contributed by atoms with van der Waals surface area (Å²) in [5.41, 5.74) is 1.06. The Kier molecular flexibility index (Phi) is 3.60. The maximum absolute atomic E-state index is 12.7. The average Bonchev–Trinajstić information content (AvgIpc) is 2.92. The molecule has 3 heteroatoms. The van der Waals surface area contributed by atoms with Crippen LogP contribution in [0, 0.1) is 11.8 Å². The molecule has 0 bridgehead atoms. The monoisotopic (exact) mass is 272 g/mol. The number of hydrogen-bond donors (Lipinski definition) is 0. The number of hydrogen-bond acceptors (Lipinski definition) is 3. The molecule has 3 rings (SSSR count). The topological polar surface area (TPSA) is 43.4 Å². The number of esters is 1. The SMILES string of the molecule is CCC(c1ccccc1)C1C(=O)OC2CCCC2C1=O. The first-order valence-electron chi connectivity index (χ1n) is 7.51. The number of rotatable bonds is 3. The number of carbonyl (C=O) groups excluding carboxylic acids is 2. The lowest BCUT2D eigenvalue weighted by atomic mass is 9.75. The van der Waals surface area contributed by atoms with E-state index in [0.29, 0.717) is 0 Å². The molecule has 4 atom stereocenters. The maximum Gasteiger partial charge on any atom is 0.317 e. The van der Waals surface area contributed by atoms with E-state index in [2.05, 4.69) is 0 Å². The van der Waals surface area contributed by atoms with Gasteiger partial charge < -0.3 is 4.74 Å². The fraction of sp³-hybridized carbons (Fsp3) is 0.529. The van der Waals surface area contributed by atoms with Crippen LogP contribution in [0.5, 0.6) is 0 Å². The van der Waals surface area contributed by atoms with Crippen molar-refractivity contribution in [2.75, 3.05) is 0 Å². The molecule has 1 aromatic rings. The summed E-state index contributed by atoms with van der Waals surface area (Å²) in [7, 11) is 0. The molecule has 0 radical (unpaired) electrons. The molecule has 1 aliphatic heterocycles. The minimum absolute atomic E-state index is 0.0576. The first-order valence-corrected chi connectivity index (χ1v) is 7.51. The highest BCUT2D eigenvalue weighted by molar-refractivity contribution is 6.03. The Balaban J connectivity index is 1.90. The zero-order chi connectivity index (χ0) is 14.1. The van der Waals surface area contributed by atoms with Gasteiger partial charge in [0.15, 0.2) is 5.78 Å². The highest BCUT2D eigenvalue weighted by Crippen LogP contribution is 2.41. The van der Waals surface area contributed by atoms with Crippen LogP contribution in [0.1, 0.15) is 44.1 Å². The summed E-state index contributed by atoms with van der Waals surface area (Å²) in [6.45, 7) is 2.03. The van der Waals surface area contributed by atoms with Crippen LogP contribution < -0.4 is 0 Å². The molecule has 0 aromatic heterocycles. The van der Waals surface area contributed by atoms with Gasteiger partial charge in [0.2, 0.25) is 0 Å². The summed E-state index contributed by atoms with van der Waals surface area (Å²) in [6.07, 6.45) is 3.32. The van der Waals surface area contributed by atoms with Gasteiger partial charge in [0.25, 0.3) is 0 Å². The smallest absolute Gasteiger partial charge is 0.317 e. The largest absolute Gasteiger partial charge is 0.461 e. The van der Waals surface area contributed by atoms with Crippen molar-refractivity contribution in [3.05, 3.63) is 35.9 Å². The quantitative estimate of drug-likeness (QED) is 0.627. The molecule has 1 heterocycles. The second-order valence-electron chi connectivity index (χ2n) is 5.82. The molecule has 106 valence electrons. The van der Waals surface area contributed by atoms with E-state index in [0.717, 1.165) is 31.2 Å². The molecule has 0 amide bonds. The Morgan fingerprint density at radius 3 is 2.65 bits per heavy atom. The minimum atomic E-state index is -0.609. The van der Waals surface area contributed by atoms with Crippen LogP contribution in [0.25, 0.3) is 0 Å². The van der Waals surface area contributed by atoms with Gasteiger partial charge in [-0.1, -0.05) is 37.3 Å². The molecule has 2 aliphatic rings. The number of Topliss-reactive ketones (excluding diaryl/α,β-unsaturated/α-hetero) is 1. The Labute approximate surface area is 119 Å². The predicted molar refractivity (Wildman–Crippen MR) is 75.2 cm³/mol. The third-order valence-corrected chi connectivity index (χ3v) is 4.72. The van der Waals surface area contributed by atoms with Gasteiger partial charge in [0.1, 0.15) is 12.0 Å². The summed E-state index contributed by atoms with van der Waals surface area (Å²) in [5.74, 6) is -0.928. The number of carbonyl (C=O) groups is 2. The Hall–Kier alpha value is -1.64. The van der Waals surface area contributed by atoms with Gasteiger partial charge in [0, 0.05) is 5.92 Å². The molecular weight excluding hydrogens is 252 g/mol. The van der Waals surface area contributed by atoms with Gasteiger partial charge in [-0.3, -0.25) is 9.59 Å². The van der Waals surface area contributed by atoms with E-state index in [-0.39, 0.29) is 29.7 Å². The van der Waals surface area contributed by atoms with Crippen LogP contribution in [-0.4, -0.2) is 17.9 Å². The van der Waals surface area contributed by atoms with Crippen molar-refractivity contribution >= 4 is 11.8 Å². The predicted octanol–water partition coefficient (Wildman–Crippen LogP) is 3.09. The van der Waals surface area contributed by atoms with Gasteiger partial charge >= 0.3 is 5.97 Å². The first-order chi connectivity index (χ1) is 9.72. The maximum atomic E-state index is 12.7. The lowest BCUT2D eigenvalue weighted by molar-refractivity contribution is -0.169. The zero-order valence-corrected chi connectivity index (χ0v) is 11.7. The van der Waals surface area contributed by atoms with E-state index >= 15 is 0 Å². The van der Waals surface area contributed by atoms with Crippen molar-refractivity contribution in [3.63, 3.8) is 0 Å². The number of benzene rings is 1. The van der Waals surface area contributed by atoms with E-state index in [1.165, 1.54) is 0 Å². The molecule has 1 saturated carbocycles. The van der Waals surface area contributed by atoms with E-state index < -0.39 is 5.92 Å². The lowest BCUT2D eigenvalue weighted by Gasteiger charge is -2.34. The number of ketones is 1. The number of fused-ring (bicyclic) bond motifs is 1. The van der Waals surface area contributed by atoms with Crippen LogP contribution in [0.15, 0.2) is 30.3 Å². The molecular formula is C17H20O3. The molecule has 1 aliphatic carbocycles. The Morgan fingerprint density at radius 2 is 1.95 bits per heavy atom. The summed E-state index contributed by atoms with van der Waals surface area (Å²) in [4.78, 5) is 25.0. The van der Waals surface area contributed by atoms with Crippen molar-refractivity contribution in [1.29, 1.82) is 0 Å². The summed E-state index contributed by atoms with van der Waals surface area (Å²) in [5, 5.41) is 0. The molecule has 2 fully saturated rings. The molecule has 0 N–H and O–H groups in total. The zero-order valence-electron chi connectivity index (χ0n) is 11.7. The number of ether oxygens (including phenoxy) is 1. The molecule has 20 heavy (non-hydrogen) atoms. The van der Waals surface area contributed by atoms with Gasteiger partial charge in [-0.15, -0.1) is 0 Å². The fourth-order valence-electron chi connectivity index (χ4n) is 3.69. The van der Waals surface area contributed by atoms with E-state index in [1.807, 2.05) is 37.3 Å². The minimum Gasteiger partial charge on any atom is -0.461 e. The van der Waals surface area contributed by atoms with Crippen LogP contribution >= 0.6 is 0 Å². The molecule has 1 aromatic carbocycles. The highest BCUT2D eigenvalue weighted by Gasteiger charge is 2.49. The van der Waals surface area contributed by atoms with E-state index in [1.54, 1.807) is 0 Å². The van der Waals surface area contributed by atoms with Gasteiger partial charge in [-0.05, 0) is 31.2 Å². The van der Waals surface area contributed by atoms with Crippen LogP contribution in [0.4, 0.5) is 0 Å². The first kappa shape index (κ1) is 13.3. The van der Waals surface area contributed by atoms with Crippen LogP contribution in [0.2, 0.25) is 0 Å². The average molecular weight is 272 g/mol. The lowest BCUT2D eigenvalue weighted by Crippen LogP contribution is -2.45. The normalized spacial score (nSPS) is 30.8. The summed E-state index contributed by atoms with van der Waals surface area (Å²) in [6, 6.07) is 9.85. The Bertz CT molecular complexity index is 508. The van der Waals surface area contributed by atoms with Crippen molar-refractivity contribution in [3.8, 4) is 0 Å². The van der Waals surface area contributed by atoms with Crippen molar-refractivity contribution < 1.29 is 14.3 Å². The standard InChI is InChI=1S/C17H20O3/c1-2-12(11-7-4-3-5-8-11)15-16(18)13-9-6-10-14(13)20-17(15)19/h3-5,7-8,12-15H,2,6,9-10H2,1H3. The van der Waals surface area contributed by atoms with Crippen LogP contribution in [-0.2, 0) is 14.3 Å². The Morgan fingerprint density at radius 1 is 1.20 bits per heavy atom. The van der Waals surface area contributed by atoms with Crippen molar-refractivity contribution in [1.82, 2.24) is 0 Å². The van der Waals surface area contributed by atoms with Crippen molar-refractivity contribution in [2.45, 2.75) is 44.6 Å². The van der Waals surface area contributed by atoms with E-state index in [9.17, 15) is 9.59 Å². The van der Waals surface area contributed by atoms with Gasteiger partial charge in [-0.25, -0.2) is 0 Å². The summed E-state index contributed by atoms with van der Waals surface area (Å²) < 4.78 is 5.54. The van der Waals surface area contributed by atoms with Gasteiger partial charge in [0.05, 0.1) is 5.92 Å². The summed E-state index contributed by atoms with van der Waals surface area (Å²) >= 11 is 0. The van der Waals surface area contributed by atoms with Crippen LogP contribution in [0.3, 0.4) is 0 Å². The van der Waals surface area contributed by atoms with E-state index in [4.69, 9.17) is 4.74 Å². The fourth-order valence-corrected chi connectivity index (χ4v) is 3.69. The molecule has 0 spiro atoms. The molecule has 3 nitrogen and oxygen atoms in total. The second kappa shape index (κ2) is 5.39. The third kappa shape index (κ3) is 2.15. The molecule has 1 saturated heterocycles. The second-order valence-corrected chi connectivity index (χ2v) is 5.82. The van der Waals surface area contributed by atoms with Crippen molar-refractivity contribution in [2.24, 2.45) is 11.8 Å².